The van der Waals surface area contributed by atoms with Crippen LogP contribution in [-0.2, 0) is 0 Å². The van der Waals surface area contributed by atoms with Crippen molar-refractivity contribution in [2.75, 3.05) is 6.54 Å². The first kappa shape index (κ1) is 14.0. The van der Waals surface area contributed by atoms with Crippen molar-refractivity contribution < 1.29 is 8.78 Å². The summed E-state index contributed by atoms with van der Waals surface area (Å²) in [6.45, 7) is 1.34. The van der Waals surface area contributed by atoms with Crippen LogP contribution in [0, 0.1) is 0 Å². The average molecular weight is 289 g/mol. The van der Waals surface area contributed by atoms with Gasteiger partial charge in [0.1, 0.15) is 0 Å². The van der Waals surface area contributed by atoms with Crippen molar-refractivity contribution >= 4 is 34.8 Å². The summed E-state index contributed by atoms with van der Waals surface area (Å²) in [5, 5.41) is 3.53. The fourth-order valence-corrected chi connectivity index (χ4v) is 1.96. The van der Waals surface area contributed by atoms with E-state index < -0.39 is 13.0 Å². The molecule has 16 heavy (non-hydrogen) atoms. The minimum Gasteiger partial charge on any atom is -0.305 e. The summed E-state index contributed by atoms with van der Waals surface area (Å²) in [4.78, 5) is 0. The molecular formula is C10H10Cl3F2N. The molecule has 0 spiro atoms. The van der Waals surface area contributed by atoms with Gasteiger partial charge in [0.15, 0.2) is 0 Å². The molecule has 1 nitrogen and oxygen atoms in total. The van der Waals surface area contributed by atoms with Crippen LogP contribution in [0.5, 0.6) is 0 Å². The third-order valence-corrected chi connectivity index (χ3v) is 3.42. The largest absolute Gasteiger partial charge is 0.305 e. The molecule has 1 atom stereocenters. The summed E-state index contributed by atoms with van der Waals surface area (Å²) in [5.41, 5.74) is 0.650. The van der Waals surface area contributed by atoms with E-state index in [1.807, 2.05) is 0 Å². The first-order valence-electron chi connectivity index (χ1n) is 4.58. The summed E-state index contributed by atoms with van der Waals surface area (Å²) >= 11 is 17.6. The molecule has 0 aromatic heterocycles. The first-order chi connectivity index (χ1) is 7.43. The van der Waals surface area contributed by atoms with Gasteiger partial charge in [-0.25, -0.2) is 8.78 Å². The van der Waals surface area contributed by atoms with E-state index >= 15 is 0 Å². The van der Waals surface area contributed by atoms with Gasteiger partial charge >= 0.3 is 0 Å². The van der Waals surface area contributed by atoms with Crippen molar-refractivity contribution in [3.63, 3.8) is 0 Å². The maximum absolute atomic E-state index is 12.0. The van der Waals surface area contributed by atoms with E-state index in [4.69, 9.17) is 34.8 Å². The van der Waals surface area contributed by atoms with Gasteiger partial charge in [-0.1, -0.05) is 40.9 Å². The van der Waals surface area contributed by atoms with Crippen LogP contribution >= 0.6 is 34.8 Å². The lowest BCUT2D eigenvalue weighted by atomic mass is 10.1. The third kappa shape index (κ3) is 3.45. The Morgan fingerprint density at radius 3 is 2.38 bits per heavy atom. The van der Waals surface area contributed by atoms with Crippen LogP contribution in [-0.4, -0.2) is 13.0 Å². The molecule has 0 bridgehead atoms. The van der Waals surface area contributed by atoms with Gasteiger partial charge in [-0.2, -0.15) is 0 Å². The van der Waals surface area contributed by atoms with Crippen molar-refractivity contribution in [3.05, 3.63) is 32.8 Å². The average Bonchev–Trinajstić information content (AvgIpc) is 2.23. The van der Waals surface area contributed by atoms with Crippen molar-refractivity contribution in [3.8, 4) is 0 Å². The Kier molecular flexibility index (Phi) is 5.25. The van der Waals surface area contributed by atoms with Gasteiger partial charge in [-0.05, 0) is 18.6 Å². The van der Waals surface area contributed by atoms with Gasteiger partial charge in [-0.3, -0.25) is 0 Å². The zero-order valence-corrected chi connectivity index (χ0v) is 10.7. The summed E-state index contributed by atoms with van der Waals surface area (Å²) in [7, 11) is 0. The smallest absolute Gasteiger partial charge is 0.250 e. The fraction of sp³-hybridized carbons (Fsp3) is 0.400. The van der Waals surface area contributed by atoms with Gasteiger partial charge < -0.3 is 5.32 Å². The third-order valence-electron chi connectivity index (χ3n) is 2.11. The van der Waals surface area contributed by atoms with E-state index in [-0.39, 0.29) is 11.1 Å². The maximum atomic E-state index is 12.0. The Balaban J connectivity index is 2.84. The van der Waals surface area contributed by atoms with Crippen LogP contribution < -0.4 is 5.32 Å². The minimum atomic E-state index is -2.40. The molecule has 0 heterocycles. The quantitative estimate of drug-likeness (QED) is 0.801. The van der Waals surface area contributed by atoms with Gasteiger partial charge in [0, 0.05) is 6.04 Å². The number of halogens is 5. The summed E-state index contributed by atoms with van der Waals surface area (Å²) < 4.78 is 24.0. The van der Waals surface area contributed by atoms with Crippen molar-refractivity contribution in [2.24, 2.45) is 0 Å². The van der Waals surface area contributed by atoms with Gasteiger partial charge in [0.2, 0.25) is 0 Å². The minimum absolute atomic E-state index is 0.242. The number of rotatable bonds is 4. The molecule has 0 saturated heterocycles. The SMILES string of the molecule is CC(NCC(F)F)c1ccc(Cl)c(Cl)c1Cl. The topological polar surface area (TPSA) is 12.0 Å². The standard InChI is InChI=1S/C10H10Cl3F2N/c1-5(16-4-8(14)15)6-2-3-7(11)10(13)9(6)12/h2-3,5,8,16H,4H2,1H3. The second-order valence-electron chi connectivity index (χ2n) is 3.29. The van der Waals surface area contributed by atoms with E-state index in [0.717, 1.165) is 0 Å². The normalized spacial score (nSPS) is 13.2. The Morgan fingerprint density at radius 2 is 1.81 bits per heavy atom. The van der Waals surface area contributed by atoms with Crippen LogP contribution in [0.2, 0.25) is 15.1 Å². The van der Waals surface area contributed by atoms with Crippen molar-refractivity contribution in [2.45, 2.75) is 19.4 Å². The lowest BCUT2D eigenvalue weighted by Gasteiger charge is -2.16. The Hall–Kier alpha value is -0.0900. The Bertz CT molecular complexity index is 371. The van der Waals surface area contributed by atoms with Crippen LogP contribution in [0.4, 0.5) is 8.78 Å². The second kappa shape index (κ2) is 6.01. The Labute approximate surface area is 108 Å². The fourth-order valence-electron chi connectivity index (χ4n) is 1.25. The molecule has 90 valence electrons. The Morgan fingerprint density at radius 1 is 1.19 bits per heavy atom. The second-order valence-corrected chi connectivity index (χ2v) is 4.45. The van der Waals surface area contributed by atoms with Gasteiger partial charge in [0.25, 0.3) is 6.43 Å². The first-order valence-corrected chi connectivity index (χ1v) is 5.71. The zero-order valence-electron chi connectivity index (χ0n) is 8.41. The molecule has 0 radical (unpaired) electrons. The molecule has 0 saturated carbocycles. The molecule has 0 amide bonds. The predicted octanol–water partition coefficient (Wildman–Crippen LogP) is 4.56. The van der Waals surface area contributed by atoms with Crippen molar-refractivity contribution in [1.82, 2.24) is 5.32 Å². The number of alkyl halides is 2. The molecule has 0 aliphatic heterocycles. The van der Waals surface area contributed by atoms with E-state index in [9.17, 15) is 8.78 Å². The number of hydrogen-bond acceptors (Lipinski definition) is 1. The molecule has 0 aliphatic rings. The number of hydrogen-bond donors (Lipinski definition) is 1. The highest BCUT2D eigenvalue weighted by molar-refractivity contribution is 6.48. The zero-order chi connectivity index (χ0) is 12.3. The van der Waals surface area contributed by atoms with Crippen LogP contribution in [0.15, 0.2) is 12.1 Å². The highest BCUT2D eigenvalue weighted by atomic mass is 35.5. The molecule has 0 aliphatic carbocycles. The van der Waals surface area contributed by atoms with E-state index in [1.54, 1.807) is 19.1 Å². The molecule has 6 heteroatoms. The van der Waals surface area contributed by atoms with Gasteiger partial charge in [-0.15, -0.1) is 0 Å². The van der Waals surface area contributed by atoms with Crippen molar-refractivity contribution in [1.29, 1.82) is 0 Å². The lowest BCUT2D eigenvalue weighted by molar-refractivity contribution is 0.142. The van der Waals surface area contributed by atoms with Crippen LogP contribution in [0.3, 0.4) is 0 Å². The summed E-state index contributed by atoms with van der Waals surface area (Å²) in [6, 6.07) is 2.95. The summed E-state index contributed by atoms with van der Waals surface area (Å²) in [5.74, 6) is 0. The van der Waals surface area contributed by atoms with E-state index in [1.165, 1.54) is 0 Å². The lowest BCUT2D eigenvalue weighted by Crippen LogP contribution is -2.24. The monoisotopic (exact) mass is 287 g/mol. The highest BCUT2D eigenvalue weighted by Gasteiger charge is 2.15. The maximum Gasteiger partial charge on any atom is 0.250 e. The summed E-state index contributed by atoms with van der Waals surface area (Å²) in [6.07, 6.45) is -2.40. The molecule has 1 aromatic rings. The molecule has 1 aromatic carbocycles. The molecule has 0 fully saturated rings. The molecular weight excluding hydrogens is 278 g/mol. The number of benzene rings is 1. The van der Waals surface area contributed by atoms with E-state index in [2.05, 4.69) is 5.32 Å². The van der Waals surface area contributed by atoms with Crippen LogP contribution in [0.25, 0.3) is 0 Å². The van der Waals surface area contributed by atoms with Gasteiger partial charge in [0.05, 0.1) is 21.6 Å². The van der Waals surface area contributed by atoms with E-state index in [0.29, 0.717) is 15.6 Å². The number of nitrogens with one attached hydrogen (secondary N) is 1. The highest BCUT2D eigenvalue weighted by Crippen LogP contribution is 2.35. The molecule has 1 N–H and O–H groups in total. The van der Waals surface area contributed by atoms with Crippen LogP contribution in [0.1, 0.15) is 18.5 Å². The predicted molar refractivity (Wildman–Crippen MR) is 63.9 cm³/mol. The molecule has 1 unspecified atom stereocenters. The molecule has 1 rings (SSSR count).